The standard InChI is InChI=1S/C15H21ClN2O/c1-12(2)15(19)11-17-6-8-18(9-7-17)14-5-3-4-13(16)10-14/h3-5,10,12H,6-9,11H2,1-2H3. The first-order chi connectivity index (χ1) is 9.06. The van der Waals surface area contributed by atoms with Crippen molar-refractivity contribution in [3.8, 4) is 0 Å². The number of carbonyl (C=O) groups is 1. The van der Waals surface area contributed by atoms with Crippen molar-refractivity contribution in [3.63, 3.8) is 0 Å². The predicted molar refractivity (Wildman–Crippen MR) is 80.0 cm³/mol. The Morgan fingerprint density at radius 3 is 2.53 bits per heavy atom. The van der Waals surface area contributed by atoms with Gasteiger partial charge < -0.3 is 4.90 Å². The second kappa shape index (κ2) is 6.40. The molecule has 1 aromatic rings. The van der Waals surface area contributed by atoms with E-state index in [-0.39, 0.29) is 5.92 Å². The summed E-state index contributed by atoms with van der Waals surface area (Å²) in [4.78, 5) is 16.3. The maximum absolute atomic E-state index is 11.7. The Balaban J connectivity index is 1.87. The molecule has 1 aromatic carbocycles. The SMILES string of the molecule is CC(C)C(=O)CN1CCN(c2cccc(Cl)c2)CC1. The Kier molecular flexibility index (Phi) is 4.83. The number of halogens is 1. The van der Waals surface area contributed by atoms with E-state index in [4.69, 9.17) is 11.6 Å². The van der Waals surface area contributed by atoms with Gasteiger partial charge in [-0.05, 0) is 18.2 Å². The van der Waals surface area contributed by atoms with Crippen LogP contribution in [0, 0.1) is 5.92 Å². The minimum Gasteiger partial charge on any atom is -0.369 e. The molecule has 0 atom stereocenters. The Morgan fingerprint density at radius 1 is 1.26 bits per heavy atom. The number of rotatable bonds is 4. The summed E-state index contributed by atoms with van der Waals surface area (Å²) in [6.45, 7) is 8.28. The van der Waals surface area contributed by atoms with Gasteiger partial charge >= 0.3 is 0 Å². The average Bonchev–Trinajstić information content (AvgIpc) is 2.39. The number of benzene rings is 1. The molecule has 0 unspecified atom stereocenters. The van der Waals surface area contributed by atoms with Crippen LogP contribution in [0.15, 0.2) is 24.3 Å². The van der Waals surface area contributed by atoms with Crippen LogP contribution in [0.5, 0.6) is 0 Å². The molecule has 1 saturated heterocycles. The van der Waals surface area contributed by atoms with Gasteiger partial charge in [0.25, 0.3) is 0 Å². The van der Waals surface area contributed by atoms with Crippen molar-refractivity contribution in [2.45, 2.75) is 13.8 Å². The number of Topliss-reactive ketones (excluding diaryl/α,β-unsaturated/α-hetero) is 1. The smallest absolute Gasteiger partial charge is 0.149 e. The lowest BCUT2D eigenvalue weighted by atomic mass is 10.1. The third kappa shape index (κ3) is 3.95. The van der Waals surface area contributed by atoms with Gasteiger partial charge in [-0.1, -0.05) is 31.5 Å². The molecular formula is C15H21ClN2O. The van der Waals surface area contributed by atoms with E-state index in [1.807, 2.05) is 32.0 Å². The average molecular weight is 281 g/mol. The summed E-state index contributed by atoms with van der Waals surface area (Å²) in [5, 5.41) is 0.773. The largest absolute Gasteiger partial charge is 0.369 e. The van der Waals surface area contributed by atoms with E-state index in [9.17, 15) is 4.79 Å². The van der Waals surface area contributed by atoms with Crippen LogP contribution in [0.4, 0.5) is 5.69 Å². The molecule has 1 aliphatic heterocycles. The summed E-state index contributed by atoms with van der Waals surface area (Å²) in [6.07, 6.45) is 0. The summed E-state index contributed by atoms with van der Waals surface area (Å²) in [7, 11) is 0. The monoisotopic (exact) mass is 280 g/mol. The molecule has 1 fully saturated rings. The molecule has 3 nitrogen and oxygen atoms in total. The summed E-state index contributed by atoms with van der Waals surface area (Å²) in [5.41, 5.74) is 1.17. The van der Waals surface area contributed by atoms with Crippen molar-refractivity contribution < 1.29 is 4.79 Å². The Labute approximate surface area is 120 Å². The molecule has 0 saturated carbocycles. The van der Waals surface area contributed by atoms with Crippen LogP contribution in [0.2, 0.25) is 5.02 Å². The highest BCUT2D eigenvalue weighted by Gasteiger charge is 2.20. The molecular weight excluding hydrogens is 260 g/mol. The van der Waals surface area contributed by atoms with Crippen LogP contribution in [-0.4, -0.2) is 43.4 Å². The zero-order valence-electron chi connectivity index (χ0n) is 11.6. The van der Waals surface area contributed by atoms with E-state index >= 15 is 0 Å². The van der Waals surface area contributed by atoms with Gasteiger partial charge in [0.15, 0.2) is 0 Å². The highest BCUT2D eigenvalue weighted by Crippen LogP contribution is 2.20. The quantitative estimate of drug-likeness (QED) is 0.847. The summed E-state index contributed by atoms with van der Waals surface area (Å²) < 4.78 is 0. The molecule has 2 rings (SSSR count). The highest BCUT2D eigenvalue weighted by molar-refractivity contribution is 6.30. The maximum atomic E-state index is 11.7. The normalized spacial score (nSPS) is 16.9. The van der Waals surface area contributed by atoms with Crippen LogP contribution in [0.1, 0.15) is 13.8 Å². The first-order valence-electron chi connectivity index (χ1n) is 6.82. The van der Waals surface area contributed by atoms with Gasteiger partial charge in [0.1, 0.15) is 5.78 Å². The zero-order chi connectivity index (χ0) is 13.8. The van der Waals surface area contributed by atoms with Gasteiger partial charge in [-0.3, -0.25) is 9.69 Å². The van der Waals surface area contributed by atoms with Crippen LogP contribution in [0.3, 0.4) is 0 Å². The van der Waals surface area contributed by atoms with Crippen molar-refractivity contribution in [2.24, 2.45) is 5.92 Å². The number of carbonyl (C=O) groups excluding carboxylic acids is 1. The van der Waals surface area contributed by atoms with Gasteiger partial charge in [0.05, 0.1) is 6.54 Å². The van der Waals surface area contributed by atoms with Crippen LogP contribution in [0.25, 0.3) is 0 Å². The van der Waals surface area contributed by atoms with Crippen molar-refractivity contribution in [1.82, 2.24) is 4.90 Å². The molecule has 0 aliphatic carbocycles. The molecule has 0 amide bonds. The Bertz CT molecular complexity index is 440. The molecule has 1 heterocycles. The van der Waals surface area contributed by atoms with Gasteiger partial charge in [-0.2, -0.15) is 0 Å². The third-order valence-corrected chi connectivity index (χ3v) is 3.80. The summed E-state index contributed by atoms with van der Waals surface area (Å²) in [5.74, 6) is 0.460. The molecule has 0 radical (unpaired) electrons. The third-order valence-electron chi connectivity index (χ3n) is 3.57. The molecule has 4 heteroatoms. The van der Waals surface area contributed by atoms with E-state index in [0.29, 0.717) is 12.3 Å². The number of hydrogen-bond donors (Lipinski definition) is 0. The van der Waals surface area contributed by atoms with Crippen LogP contribution in [-0.2, 0) is 4.79 Å². The zero-order valence-corrected chi connectivity index (χ0v) is 12.4. The predicted octanol–water partition coefficient (Wildman–Crippen LogP) is 2.69. The first-order valence-corrected chi connectivity index (χ1v) is 7.19. The molecule has 0 spiro atoms. The topological polar surface area (TPSA) is 23.6 Å². The number of anilines is 1. The van der Waals surface area contributed by atoms with E-state index in [2.05, 4.69) is 15.9 Å². The van der Waals surface area contributed by atoms with E-state index in [0.717, 1.165) is 31.2 Å². The number of hydrogen-bond acceptors (Lipinski definition) is 3. The van der Waals surface area contributed by atoms with E-state index in [1.54, 1.807) is 0 Å². The first kappa shape index (κ1) is 14.4. The van der Waals surface area contributed by atoms with Crippen LogP contribution >= 0.6 is 11.6 Å². The number of nitrogens with zero attached hydrogens (tertiary/aromatic N) is 2. The lowest BCUT2D eigenvalue weighted by Gasteiger charge is -2.36. The minimum absolute atomic E-state index is 0.131. The fourth-order valence-electron chi connectivity index (χ4n) is 2.24. The lowest BCUT2D eigenvalue weighted by Crippen LogP contribution is -2.48. The Hall–Kier alpha value is -1.06. The summed E-state index contributed by atoms with van der Waals surface area (Å²) in [6, 6.07) is 7.95. The van der Waals surface area contributed by atoms with Crippen molar-refractivity contribution in [3.05, 3.63) is 29.3 Å². The fraction of sp³-hybridized carbons (Fsp3) is 0.533. The van der Waals surface area contributed by atoms with Crippen LogP contribution < -0.4 is 4.90 Å². The highest BCUT2D eigenvalue weighted by atomic mass is 35.5. The van der Waals surface area contributed by atoms with E-state index < -0.39 is 0 Å². The van der Waals surface area contributed by atoms with Gasteiger partial charge in [0, 0.05) is 42.8 Å². The lowest BCUT2D eigenvalue weighted by molar-refractivity contribution is -0.123. The van der Waals surface area contributed by atoms with Gasteiger partial charge in [-0.25, -0.2) is 0 Å². The second-order valence-corrected chi connectivity index (χ2v) is 5.80. The minimum atomic E-state index is 0.131. The Morgan fingerprint density at radius 2 is 1.95 bits per heavy atom. The van der Waals surface area contributed by atoms with Crippen molar-refractivity contribution >= 4 is 23.1 Å². The summed E-state index contributed by atoms with van der Waals surface area (Å²) >= 11 is 6.01. The molecule has 0 bridgehead atoms. The number of piperazine rings is 1. The second-order valence-electron chi connectivity index (χ2n) is 5.36. The fourth-order valence-corrected chi connectivity index (χ4v) is 2.42. The molecule has 19 heavy (non-hydrogen) atoms. The van der Waals surface area contributed by atoms with Gasteiger partial charge in [-0.15, -0.1) is 0 Å². The number of ketones is 1. The van der Waals surface area contributed by atoms with Crippen molar-refractivity contribution in [2.75, 3.05) is 37.6 Å². The molecule has 0 N–H and O–H groups in total. The van der Waals surface area contributed by atoms with Crippen molar-refractivity contribution in [1.29, 1.82) is 0 Å². The molecule has 1 aliphatic rings. The maximum Gasteiger partial charge on any atom is 0.149 e. The van der Waals surface area contributed by atoms with E-state index in [1.165, 1.54) is 5.69 Å². The van der Waals surface area contributed by atoms with Gasteiger partial charge in [0.2, 0.25) is 0 Å². The molecule has 104 valence electrons. The molecule has 0 aromatic heterocycles.